The maximum Gasteiger partial charge on any atom is 0.338 e. The first-order chi connectivity index (χ1) is 14.3. The van der Waals surface area contributed by atoms with Crippen molar-refractivity contribution in [1.82, 2.24) is 4.31 Å². The van der Waals surface area contributed by atoms with Crippen molar-refractivity contribution in [3.05, 3.63) is 59.9 Å². The average Bonchev–Trinajstić information content (AvgIpc) is 2.74. The number of sulfonamides is 1. The highest BCUT2D eigenvalue weighted by molar-refractivity contribution is 7.89. The Labute approximate surface area is 174 Å². The fraction of sp³-hybridized carbons (Fsp3) is 0.333. The Hall–Kier alpha value is -2.78. The molecule has 0 unspecified atom stereocenters. The van der Waals surface area contributed by atoms with Crippen molar-refractivity contribution < 1.29 is 27.1 Å². The van der Waals surface area contributed by atoms with Crippen LogP contribution in [0.3, 0.4) is 0 Å². The van der Waals surface area contributed by atoms with E-state index in [0.717, 1.165) is 12.1 Å². The Kier molecular flexibility index (Phi) is 6.84. The van der Waals surface area contributed by atoms with E-state index in [1.165, 1.54) is 22.5 Å². The van der Waals surface area contributed by atoms with Crippen LogP contribution in [0.25, 0.3) is 0 Å². The largest absolute Gasteiger partial charge is 0.462 e. The Bertz CT molecular complexity index is 1020. The van der Waals surface area contributed by atoms with Gasteiger partial charge in [-0.2, -0.15) is 4.31 Å². The van der Waals surface area contributed by atoms with E-state index in [-0.39, 0.29) is 24.0 Å². The molecule has 3 rings (SSSR count). The number of ether oxygens (including phenoxy) is 1. The molecule has 0 bridgehead atoms. The number of amides is 1. The average molecular weight is 434 g/mol. The number of nitrogens with zero attached hydrogens (tertiary/aromatic N) is 1. The number of piperidine rings is 1. The second-order valence-electron chi connectivity index (χ2n) is 6.95. The monoisotopic (exact) mass is 434 g/mol. The van der Waals surface area contributed by atoms with Crippen molar-refractivity contribution in [2.24, 2.45) is 5.92 Å². The highest BCUT2D eigenvalue weighted by atomic mass is 32.2. The van der Waals surface area contributed by atoms with Gasteiger partial charge >= 0.3 is 5.97 Å². The summed E-state index contributed by atoms with van der Waals surface area (Å²) in [5.41, 5.74) is 0.753. The molecule has 30 heavy (non-hydrogen) atoms. The molecule has 1 heterocycles. The van der Waals surface area contributed by atoms with E-state index in [4.69, 9.17) is 4.74 Å². The molecule has 1 saturated heterocycles. The summed E-state index contributed by atoms with van der Waals surface area (Å²) in [6, 6.07) is 11.0. The first-order valence-electron chi connectivity index (χ1n) is 9.65. The first-order valence-corrected chi connectivity index (χ1v) is 11.1. The standard InChI is InChI=1S/C21H23FN2O5S/c1-2-29-21(26)15-5-3-7-18(13-15)23-20(25)16-6-4-12-24(14-16)30(27,28)19-10-8-17(22)9-11-19/h3,5,7-11,13,16H,2,4,6,12,14H2,1H3,(H,23,25)/t16-/m0/s1. The SMILES string of the molecule is CCOC(=O)c1cccc(NC(=O)[C@H]2CCCN(S(=O)(=O)c3ccc(F)cc3)C2)c1. The lowest BCUT2D eigenvalue weighted by Gasteiger charge is -2.31. The molecule has 7 nitrogen and oxygen atoms in total. The van der Waals surface area contributed by atoms with Gasteiger partial charge in [-0.05, 0) is 62.2 Å². The number of carbonyl (C=O) groups excluding carboxylic acids is 2. The van der Waals surface area contributed by atoms with Crippen molar-refractivity contribution in [3.63, 3.8) is 0 Å². The number of rotatable bonds is 6. The number of hydrogen-bond donors (Lipinski definition) is 1. The fourth-order valence-electron chi connectivity index (χ4n) is 3.31. The molecule has 0 radical (unpaired) electrons. The lowest BCUT2D eigenvalue weighted by molar-refractivity contribution is -0.120. The van der Waals surface area contributed by atoms with Crippen molar-refractivity contribution in [3.8, 4) is 0 Å². The molecular weight excluding hydrogens is 411 g/mol. The summed E-state index contributed by atoms with van der Waals surface area (Å²) in [6.07, 6.45) is 1.07. The fourth-order valence-corrected chi connectivity index (χ4v) is 4.84. The molecule has 1 atom stereocenters. The van der Waals surface area contributed by atoms with Gasteiger partial charge in [-0.25, -0.2) is 17.6 Å². The molecule has 1 aliphatic heterocycles. The Morgan fingerprint density at radius 1 is 1.20 bits per heavy atom. The van der Waals surface area contributed by atoms with E-state index < -0.39 is 27.7 Å². The predicted molar refractivity (Wildman–Crippen MR) is 109 cm³/mol. The molecule has 0 spiro atoms. The van der Waals surface area contributed by atoms with Gasteiger partial charge in [0.1, 0.15) is 5.82 Å². The molecule has 0 saturated carbocycles. The summed E-state index contributed by atoms with van der Waals surface area (Å²) in [7, 11) is -3.82. The summed E-state index contributed by atoms with van der Waals surface area (Å²) in [6.45, 7) is 2.28. The van der Waals surface area contributed by atoms with Crippen LogP contribution in [-0.4, -0.2) is 44.3 Å². The number of nitrogens with one attached hydrogen (secondary N) is 1. The maximum atomic E-state index is 13.1. The third-order valence-electron chi connectivity index (χ3n) is 4.85. The van der Waals surface area contributed by atoms with E-state index in [1.807, 2.05) is 0 Å². The predicted octanol–water partition coefficient (Wildman–Crippen LogP) is 3.04. The molecule has 1 fully saturated rings. The molecule has 2 aromatic rings. The quantitative estimate of drug-likeness (QED) is 0.706. The van der Waals surface area contributed by atoms with Gasteiger partial charge in [-0.1, -0.05) is 6.07 Å². The molecular formula is C21H23FN2O5S. The smallest absolute Gasteiger partial charge is 0.338 e. The minimum Gasteiger partial charge on any atom is -0.462 e. The molecule has 1 amide bonds. The maximum absolute atomic E-state index is 13.1. The zero-order valence-electron chi connectivity index (χ0n) is 16.5. The van der Waals surface area contributed by atoms with Crippen LogP contribution >= 0.6 is 0 Å². The molecule has 2 aromatic carbocycles. The zero-order valence-corrected chi connectivity index (χ0v) is 17.3. The van der Waals surface area contributed by atoms with Crippen LogP contribution in [-0.2, 0) is 19.6 Å². The molecule has 160 valence electrons. The Morgan fingerprint density at radius 2 is 1.93 bits per heavy atom. The normalized spacial score (nSPS) is 17.3. The van der Waals surface area contributed by atoms with Gasteiger partial charge in [0.2, 0.25) is 15.9 Å². The van der Waals surface area contributed by atoms with Gasteiger partial charge in [-0.3, -0.25) is 4.79 Å². The highest BCUT2D eigenvalue weighted by Crippen LogP contribution is 2.25. The Morgan fingerprint density at radius 3 is 2.63 bits per heavy atom. The van der Waals surface area contributed by atoms with E-state index >= 15 is 0 Å². The van der Waals surface area contributed by atoms with Crippen LogP contribution < -0.4 is 5.32 Å². The molecule has 0 aliphatic carbocycles. The topological polar surface area (TPSA) is 92.8 Å². The second kappa shape index (κ2) is 9.36. The van der Waals surface area contributed by atoms with Crippen molar-refractivity contribution in [2.75, 3.05) is 25.0 Å². The van der Waals surface area contributed by atoms with Crippen LogP contribution in [0.15, 0.2) is 53.4 Å². The lowest BCUT2D eigenvalue weighted by atomic mass is 9.98. The number of esters is 1. The first kappa shape index (κ1) is 21.9. The van der Waals surface area contributed by atoms with Gasteiger partial charge in [0.25, 0.3) is 0 Å². The van der Waals surface area contributed by atoms with Crippen molar-refractivity contribution in [1.29, 1.82) is 0 Å². The van der Waals surface area contributed by atoms with Crippen molar-refractivity contribution in [2.45, 2.75) is 24.7 Å². The molecule has 0 aromatic heterocycles. The summed E-state index contributed by atoms with van der Waals surface area (Å²) in [5.74, 6) is -1.87. The van der Waals surface area contributed by atoms with Gasteiger partial charge in [0.15, 0.2) is 0 Å². The number of halogens is 1. The van der Waals surface area contributed by atoms with E-state index in [2.05, 4.69) is 5.32 Å². The number of carbonyl (C=O) groups is 2. The Balaban J connectivity index is 1.69. The second-order valence-corrected chi connectivity index (χ2v) is 8.88. The third-order valence-corrected chi connectivity index (χ3v) is 6.73. The van der Waals surface area contributed by atoms with Crippen LogP contribution in [0, 0.1) is 11.7 Å². The highest BCUT2D eigenvalue weighted by Gasteiger charge is 2.33. The van der Waals surface area contributed by atoms with Crippen molar-refractivity contribution >= 4 is 27.6 Å². The molecule has 1 aliphatic rings. The van der Waals surface area contributed by atoms with E-state index in [1.54, 1.807) is 25.1 Å². The van der Waals surface area contributed by atoms with Gasteiger partial charge in [-0.15, -0.1) is 0 Å². The van der Waals surface area contributed by atoms with Crippen LogP contribution in [0.4, 0.5) is 10.1 Å². The van der Waals surface area contributed by atoms with Crippen LogP contribution in [0.1, 0.15) is 30.1 Å². The van der Waals surface area contributed by atoms with Crippen LogP contribution in [0.2, 0.25) is 0 Å². The molecule has 9 heteroatoms. The summed E-state index contributed by atoms with van der Waals surface area (Å²) in [5, 5.41) is 2.75. The number of anilines is 1. The van der Waals surface area contributed by atoms with Gasteiger partial charge in [0, 0.05) is 18.8 Å². The summed E-state index contributed by atoms with van der Waals surface area (Å²) < 4.78 is 45.0. The third kappa shape index (κ3) is 5.03. The van der Waals surface area contributed by atoms with E-state index in [9.17, 15) is 22.4 Å². The zero-order chi connectivity index (χ0) is 21.7. The van der Waals surface area contributed by atoms with E-state index in [0.29, 0.717) is 30.6 Å². The lowest BCUT2D eigenvalue weighted by Crippen LogP contribution is -2.43. The molecule has 1 N–H and O–H groups in total. The van der Waals surface area contributed by atoms with Crippen LogP contribution in [0.5, 0.6) is 0 Å². The number of hydrogen-bond acceptors (Lipinski definition) is 5. The minimum absolute atomic E-state index is 0.00732. The summed E-state index contributed by atoms with van der Waals surface area (Å²) in [4.78, 5) is 24.6. The summed E-state index contributed by atoms with van der Waals surface area (Å²) >= 11 is 0. The number of benzene rings is 2. The van der Waals surface area contributed by atoms with Gasteiger partial charge < -0.3 is 10.1 Å². The van der Waals surface area contributed by atoms with Gasteiger partial charge in [0.05, 0.1) is 23.0 Å². The minimum atomic E-state index is -3.82.